The minimum absolute atomic E-state index is 0.516. The lowest BCUT2D eigenvalue weighted by atomic mass is 10.2. The van der Waals surface area contributed by atoms with E-state index in [1.165, 1.54) is 0 Å². The summed E-state index contributed by atoms with van der Waals surface area (Å²) in [6.07, 6.45) is 1.53. The number of hydrogen-bond acceptors (Lipinski definition) is 3. The van der Waals surface area contributed by atoms with E-state index in [2.05, 4.69) is 9.97 Å². The lowest BCUT2D eigenvalue weighted by Crippen LogP contribution is -2.03. The van der Waals surface area contributed by atoms with Gasteiger partial charge in [0.15, 0.2) is 0 Å². The van der Waals surface area contributed by atoms with E-state index in [1.807, 2.05) is 49.4 Å². The number of hydrogen-bond donors (Lipinski definition) is 1. The predicted octanol–water partition coefficient (Wildman–Crippen LogP) is 3.82. The average molecular weight is 306 g/mol. The lowest BCUT2D eigenvalue weighted by Gasteiger charge is -2.05. The molecule has 1 aromatic heterocycles. The van der Waals surface area contributed by atoms with Crippen LogP contribution in [0.1, 0.15) is 21.7 Å². The van der Waals surface area contributed by atoms with Crippen LogP contribution in [0.3, 0.4) is 0 Å². The molecule has 4 nitrogen and oxygen atoms in total. The van der Waals surface area contributed by atoms with Crippen molar-refractivity contribution < 1.29 is 9.53 Å². The summed E-state index contributed by atoms with van der Waals surface area (Å²) >= 11 is 0. The monoisotopic (exact) mass is 306 g/mol. The van der Waals surface area contributed by atoms with E-state index in [9.17, 15) is 4.79 Å². The molecule has 23 heavy (non-hydrogen) atoms. The van der Waals surface area contributed by atoms with Crippen LogP contribution in [0, 0.1) is 6.92 Å². The number of aromatic nitrogens is 2. The van der Waals surface area contributed by atoms with Crippen molar-refractivity contribution in [2.75, 3.05) is 6.61 Å². The quantitative estimate of drug-likeness (QED) is 0.704. The highest BCUT2D eigenvalue weighted by Crippen LogP contribution is 2.18. The van der Waals surface area contributed by atoms with Gasteiger partial charge in [0, 0.05) is 23.2 Å². The fourth-order valence-corrected chi connectivity index (χ4v) is 2.42. The summed E-state index contributed by atoms with van der Waals surface area (Å²) in [4.78, 5) is 18.7. The first-order chi connectivity index (χ1) is 11.3. The predicted molar refractivity (Wildman–Crippen MR) is 89.8 cm³/mol. The van der Waals surface area contributed by atoms with E-state index in [1.54, 1.807) is 12.1 Å². The number of carbonyl (C=O) groups excluding carboxylic acids is 1. The molecule has 0 fully saturated rings. The van der Waals surface area contributed by atoms with E-state index in [0.29, 0.717) is 24.3 Å². The Hall–Kier alpha value is -2.88. The zero-order valence-electron chi connectivity index (χ0n) is 13.0. The van der Waals surface area contributed by atoms with Crippen molar-refractivity contribution in [2.24, 2.45) is 0 Å². The molecule has 0 aliphatic rings. The van der Waals surface area contributed by atoms with Gasteiger partial charge in [0.05, 0.1) is 12.3 Å². The first-order valence-corrected chi connectivity index (χ1v) is 7.55. The van der Waals surface area contributed by atoms with Gasteiger partial charge < -0.3 is 9.72 Å². The van der Waals surface area contributed by atoms with Gasteiger partial charge in [0.1, 0.15) is 17.9 Å². The van der Waals surface area contributed by atoms with Crippen LogP contribution < -0.4 is 4.74 Å². The van der Waals surface area contributed by atoms with Gasteiger partial charge in [-0.25, -0.2) is 4.98 Å². The van der Waals surface area contributed by atoms with Gasteiger partial charge in [-0.1, -0.05) is 42.5 Å². The summed E-state index contributed by atoms with van der Waals surface area (Å²) in [5.41, 5.74) is 3.73. The number of aromatic amines is 1. The van der Waals surface area contributed by atoms with Crippen molar-refractivity contribution in [1.82, 2.24) is 9.97 Å². The first-order valence-electron chi connectivity index (χ1n) is 7.55. The molecule has 3 aromatic rings. The Kier molecular flexibility index (Phi) is 4.52. The average Bonchev–Trinajstić information content (AvgIpc) is 2.97. The normalized spacial score (nSPS) is 10.5. The van der Waals surface area contributed by atoms with Gasteiger partial charge in [0.25, 0.3) is 0 Å². The summed E-state index contributed by atoms with van der Waals surface area (Å²) in [5.74, 6) is 1.58. The fraction of sp³-hybridized carbons (Fsp3) is 0.158. The highest BCUT2D eigenvalue weighted by atomic mass is 16.5. The van der Waals surface area contributed by atoms with Gasteiger partial charge >= 0.3 is 0 Å². The van der Waals surface area contributed by atoms with Gasteiger partial charge in [0.2, 0.25) is 0 Å². The molecular weight excluding hydrogens is 288 g/mol. The number of nitrogens with zero attached hydrogens (tertiary/aromatic N) is 1. The summed E-state index contributed by atoms with van der Waals surface area (Å²) in [5, 5.41) is 0. The molecule has 3 rings (SSSR count). The molecule has 0 bridgehead atoms. The highest BCUT2D eigenvalue weighted by molar-refractivity contribution is 5.75. The van der Waals surface area contributed by atoms with Gasteiger partial charge in [-0.2, -0.15) is 0 Å². The number of carbonyl (C=O) groups is 1. The molecular formula is C19H18N2O2. The fourth-order valence-electron chi connectivity index (χ4n) is 2.42. The molecule has 4 heteroatoms. The third-order valence-electron chi connectivity index (χ3n) is 3.63. The Bertz CT molecular complexity index is 794. The summed E-state index contributed by atoms with van der Waals surface area (Å²) < 4.78 is 5.71. The standard InChI is InChI=1S/C19H18N2O2/c1-14-18(21-19(20-14)16-7-3-2-4-8-16)10-11-23-17-9-5-6-15(12-17)13-22/h2-9,12-13H,10-11H2,1H3,(H,20,21). The third-order valence-corrected chi connectivity index (χ3v) is 3.63. The number of nitrogens with one attached hydrogen (secondary N) is 1. The smallest absolute Gasteiger partial charge is 0.150 e. The minimum Gasteiger partial charge on any atom is -0.493 e. The van der Waals surface area contributed by atoms with Crippen molar-refractivity contribution >= 4 is 6.29 Å². The Morgan fingerprint density at radius 1 is 1.13 bits per heavy atom. The zero-order chi connectivity index (χ0) is 16.1. The van der Waals surface area contributed by atoms with Crippen LogP contribution in [0.2, 0.25) is 0 Å². The Morgan fingerprint density at radius 2 is 1.96 bits per heavy atom. The maximum absolute atomic E-state index is 10.8. The van der Waals surface area contributed by atoms with Crippen LogP contribution in [0.25, 0.3) is 11.4 Å². The second kappa shape index (κ2) is 6.92. The number of aryl methyl sites for hydroxylation is 1. The molecule has 0 unspecified atom stereocenters. The molecule has 1 heterocycles. The van der Waals surface area contributed by atoms with Crippen LogP contribution in [0.4, 0.5) is 0 Å². The molecule has 0 aliphatic carbocycles. The van der Waals surface area contributed by atoms with E-state index in [4.69, 9.17) is 4.74 Å². The van der Waals surface area contributed by atoms with Crippen molar-refractivity contribution in [3.05, 3.63) is 71.5 Å². The van der Waals surface area contributed by atoms with Crippen molar-refractivity contribution in [3.63, 3.8) is 0 Å². The molecule has 0 saturated heterocycles. The Labute approximate surface area is 135 Å². The van der Waals surface area contributed by atoms with Crippen molar-refractivity contribution in [2.45, 2.75) is 13.3 Å². The number of imidazole rings is 1. The molecule has 116 valence electrons. The van der Waals surface area contributed by atoms with Gasteiger partial charge in [-0.05, 0) is 19.1 Å². The molecule has 0 spiro atoms. The molecule has 0 amide bonds. The summed E-state index contributed by atoms with van der Waals surface area (Å²) in [7, 11) is 0. The zero-order valence-corrected chi connectivity index (χ0v) is 13.0. The van der Waals surface area contributed by atoms with E-state index in [0.717, 1.165) is 29.1 Å². The Morgan fingerprint density at radius 3 is 2.74 bits per heavy atom. The van der Waals surface area contributed by atoms with Crippen LogP contribution in [-0.4, -0.2) is 22.9 Å². The highest BCUT2D eigenvalue weighted by Gasteiger charge is 2.08. The number of aldehydes is 1. The molecule has 0 saturated carbocycles. The van der Waals surface area contributed by atoms with E-state index < -0.39 is 0 Å². The van der Waals surface area contributed by atoms with Crippen molar-refractivity contribution in [3.8, 4) is 17.1 Å². The maximum Gasteiger partial charge on any atom is 0.150 e. The lowest BCUT2D eigenvalue weighted by molar-refractivity contribution is 0.112. The molecule has 2 aromatic carbocycles. The molecule has 1 N–H and O–H groups in total. The second-order valence-corrected chi connectivity index (χ2v) is 5.31. The van der Waals surface area contributed by atoms with Crippen LogP contribution >= 0.6 is 0 Å². The summed E-state index contributed by atoms with van der Waals surface area (Å²) in [6.45, 7) is 2.53. The van der Waals surface area contributed by atoms with Gasteiger partial charge in [-0.15, -0.1) is 0 Å². The number of H-pyrrole nitrogens is 1. The van der Waals surface area contributed by atoms with Crippen LogP contribution in [-0.2, 0) is 6.42 Å². The third kappa shape index (κ3) is 3.66. The largest absolute Gasteiger partial charge is 0.493 e. The molecule has 0 atom stereocenters. The van der Waals surface area contributed by atoms with E-state index in [-0.39, 0.29) is 0 Å². The molecule has 0 aliphatic heterocycles. The number of rotatable bonds is 6. The van der Waals surface area contributed by atoms with Crippen molar-refractivity contribution in [1.29, 1.82) is 0 Å². The van der Waals surface area contributed by atoms with Crippen LogP contribution in [0.15, 0.2) is 54.6 Å². The van der Waals surface area contributed by atoms with Crippen LogP contribution in [0.5, 0.6) is 5.75 Å². The first kappa shape index (κ1) is 15.0. The van der Waals surface area contributed by atoms with E-state index >= 15 is 0 Å². The number of ether oxygens (including phenoxy) is 1. The maximum atomic E-state index is 10.8. The number of benzene rings is 2. The summed E-state index contributed by atoms with van der Waals surface area (Å²) in [6, 6.07) is 17.2. The SMILES string of the molecule is Cc1[nH]c(-c2ccccc2)nc1CCOc1cccc(C=O)c1. The molecule has 0 radical (unpaired) electrons. The van der Waals surface area contributed by atoms with Gasteiger partial charge in [-0.3, -0.25) is 4.79 Å². The minimum atomic E-state index is 0.516. The topological polar surface area (TPSA) is 55.0 Å². The second-order valence-electron chi connectivity index (χ2n) is 5.31. The Balaban J connectivity index is 1.64.